The van der Waals surface area contributed by atoms with Gasteiger partial charge in [-0.2, -0.15) is 0 Å². The van der Waals surface area contributed by atoms with Crippen molar-refractivity contribution in [3.05, 3.63) is 0 Å². The minimum absolute atomic E-state index is 0.112. The Morgan fingerprint density at radius 1 is 1.29 bits per heavy atom. The van der Waals surface area contributed by atoms with Crippen LogP contribution in [-0.4, -0.2) is 24.6 Å². The summed E-state index contributed by atoms with van der Waals surface area (Å²) in [5.74, 6) is -0.0401. The lowest BCUT2D eigenvalue weighted by atomic mass is 9.97. The molecule has 0 radical (unpaired) electrons. The Bertz CT molecular complexity index is 256. The van der Waals surface area contributed by atoms with E-state index in [0.29, 0.717) is 25.4 Å². The summed E-state index contributed by atoms with van der Waals surface area (Å²) in [4.78, 5) is 22.3. The van der Waals surface area contributed by atoms with Gasteiger partial charge in [0.25, 0.3) is 0 Å². The molecule has 0 amide bonds. The first-order chi connectivity index (χ1) is 8.13. The molecule has 0 unspecified atom stereocenters. The first-order valence-electron chi connectivity index (χ1n) is 6.46. The Morgan fingerprint density at radius 3 is 2.47 bits per heavy atom. The molecule has 1 aliphatic rings. The summed E-state index contributed by atoms with van der Waals surface area (Å²) in [6.07, 6.45) is 5.40. The molecule has 0 aromatic carbocycles. The Kier molecular flexibility index (Phi) is 6.01. The number of esters is 2. The summed E-state index contributed by atoms with van der Waals surface area (Å²) < 4.78 is 10.2. The highest BCUT2D eigenvalue weighted by Crippen LogP contribution is 2.31. The van der Waals surface area contributed by atoms with Gasteiger partial charge in [0, 0.05) is 13.3 Å². The second kappa shape index (κ2) is 7.30. The minimum Gasteiger partial charge on any atom is -0.466 e. The molecule has 1 fully saturated rings. The SMILES string of the molecule is CCOC(=O)CC[C@@H](OC(C)=O)C1CCCC1. The van der Waals surface area contributed by atoms with Crippen LogP contribution in [-0.2, 0) is 19.1 Å². The third-order valence-corrected chi connectivity index (χ3v) is 3.18. The zero-order valence-electron chi connectivity index (χ0n) is 10.7. The van der Waals surface area contributed by atoms with Crippen molar-refractivity contribution in [2.75, 3.05) is 6.61 Å². The van der Waals surface area contributed by atoms with Crippen molar-refractivity contribution in [3.8, 4) is 0 Å². The van der Waals surface area contributed by atoms with Gasteiger partial charge in [-0.3, -0.25) is 9.59 Å². The van der Waals surface area contributed by atoms with Gasteiger partial charge in [0.15, 0.2) is 0 Å². The zero-order valence-corrected chi connectivity index (χ0v) is 10.7. The van der Waals surface area contributed by atoms with Gasteiger partial charge in [-0.05, 0) is 32.1 Å². The summed E-state index contributed by atoms with van der Waals surface area (Å²) in [6.45, 7) is 3.62. The van der Waals surface area contributed by atoms with Crippen molar-refractivity contribution < 1.29 is 19.1 Å². The number of hydrogen-bond acceptors (Lipinski definition) is 4. The van der Waals surface area contributed by atoms with Gasteiger partial charge >= 0.3 is 11.9 Å². The van der Waals surface area contributed by atoms with Crippen molar-refractivity contribution in [1.82, 2.24) is 0 Å². The van der Waals surface area contributed by atoms with Gasteiger partial charge in [-0.15, -0.1) is 0 Å². The van der Waals surface area contributed by atoms with Crippen molar-refractivity contribution in [2.24, 2.45) is 5.92 Å². The Balaban J connectivity index is 2.39. The third-order valence-electron chi connectivity index (χ3n) is 3.18. The maximum atomic E-state index is 11.3. The smallest absolute Gasteiger partial charge is 0.305 e. The first-order valence-corrected chi connectivity index (χ1v) is 6.46. The number of ether oxygens (including phenoxy) is 2. The molecule has 0 bridgehead atoms. The van der Waals surface area contributed by atoms with Crippen molar-refractivity contribution in [2.45, 2.75) is 58.5 Å². The van der Waals surface area contributed by atoms with E-state index >= 15 is 0 Å². The second-order valence-electron chi connectivity index (χ2n) is 4.54. The van der Waals surface area contributed by atoms with Crippen LogP contribution in [0.3, 0.4) is 0 Å². The van der Waals surface area contributed by atoms with Crippen LogP contribution in [0.15, 0.2) is 0 Å². The molecule has 98 valence electrons. The third kappa shape index (κ3) is 5.20. The van der Waals surface area contributed by atoms with Gasteiger partial charge in [-0.25, -0.2) is 0 Å². The Hall–Kier alpha value is -1.06. The largest absolute Gasteiger partial charge is 0.466 e. The molecule has 4 nitrogen and oxygen atoms in total. The molecule has 1 aliphatic carbocycles. The maximum absolute atomic E-state index is 11.3. The molecule has 0 aromatic heterocycles. The summed E-state index contributed by atoms with van der Waals surface area (Å²) in [5, 5.41) is 0. The fraction of sp³-hybridized carbons (Fsp3) is 0.846. The average Bonchev–Trinajstić information content (AvgIpc) is 2.77. The van der Waals surface area contributed by atoms with E-state index in [9.17, 15) is 9.59 Å². The van der Waals surface area contributed by atoms with Crippen LogP contribution in [0.5, 0.6) is 0 Å². The van der Waals surface area contributed by atoms with Gasteiger partial charge < -0.3 is 9.47 Å². The highest BCUT2D eigenvalue weighted by atomic mass is 16.5. The molecule has 1 rings (SSSR count). The first kappa shape index (κ1) is 14.0. The summed E-state index contributed by atoms with van der Waals surface area (Å²) in [6, 6.07) is 0. The molecule has 0 aromatic rings. The lowest BCUT2D eigenvalue weighted by Crippen LogP contribution is -2.25. The second-order valence-corrected chi connectivity index (χ2v) is 4.54. The van der Waals surface area contributed by atoms with Crippen LogP contribution in [0.2, 0.25) is 0 Å². The van der Waals surface area contributed by atoms with E-state index in [1.807, 2.05) is 0 Å². The molecule has 1 atom stereocenters. The molecular weight excluding hydrogens is 220 g/mol. The lowest BCUT2D eigenvalue weighted by Gasteiger charge is -2.22. The van der Waals surface area contributed by atoms with E-state index in [1.165, 1.54) is 19.8 Å². The summed E-state index contributed by atoms with van der Waals surface area (Å²) in [5.41, 5.74) is 0. The predicted molar refractivity (Wildman–Crippen MR) is 63.4 cm³/mol. The monoisotopic (exact) mass is 242 g/mol. The van der Waals surface area contributed by atoms with E-state index in [-0.39, 0.29) is 18.0 Å². The Labute approximate surface area is 103 Å². The quantitative estimate of drug-likeness (QED) is 0.671. The highest BCUT2D eigenvalue weighted by molar-refractivity contribution is 5.69. The van der Waals surface area contributed by atoms with Gasteiger partial charge in [0.1, 0.15) is 6.10 Å². The lowest BCUT2D eigenvalue weighted by molar-refractivity contribution is -0.152. The fourth-order valence-corrected chi connectivity index (χ4v) is 2.43. The zero-order chi connectivity index (χ0) is 12.7. The number of rotatable bonds is 6. The maximum Gasteiger partial charge on any atom is 0.305 e. The van der Waals surface area contributed by atoms with E-state index < -0.39 is 0 Å². The summed E-state index contributed by atoms with van der Waals surface area (Å²) >= 11 is 0. The molecule has 4 heteroatoms. The van der Waals surface area contributed by atoms with Crippen LogP contribution >= 0.6 is 0 Å². The molecule has 1 saturated carbocycles. The van der Waals surface area contributed by atoms with Crippen LogP contribution in [0.25, 0.3) is 0 Å². The van der Waals surface area contributed by atoms with Gasteiger partial charge in [0.2, 0.25) is 0 Å². The average molecular weight is 242 g/mol. The number of carbonyl (C=O) groups is 2. The van der Waals surface area contributed by atoms with Crippen molar-refractivity contribution >= 4 is 11.9 Å². The minimum atomic E-state index is -0.259. The van der Waals surface area contributed by atoms with Crippen LogP contribution in [0.1, 0.15) is 52.4 Å². The van der Waals surface area contributed by atoms with E-state index in [1.54, 1.807) is 6.92 Å². The van der Waals surface area contributed by atoms with E-state index in [0.717, 1.165) is 12.8 Å². The van der Waals surface area contributed by atoms with Crippen LogP contribution in [0.4, 0.5) is 0 Å². The molecule has 17 heavy (non-hydrogen) atoms. The van der Waals surface area contributed by atoms with Crippen LogP contribution < -0.4 is 0 Å². The molecule has 0 N–H and O–H groups in total. The molecule has 0 heterocycles. The number of carbonyl (C=O) groups excluding carboxylic acids is 2. The molecule has 0 saturated heterocycles. The normalized spacial score (nSPS) is 17.8. The van der Waals surface area contributed by atoms with E-state index in [2.05, 4.69) is 0 Å². The molecular formula is C13H22O4. The highest BCUT2D eigenvalue weighted by Gasteiger charge is 2.27. The Morgan fingerprint density at radius 2 is 1.94 bits per heavy atom. The number of hydrogen-bond donors (Lipinski definition) is 0. The fourth-order valence-electron chi connectivity index (χ4n) is 2.43. The van der Waals surface area contributed by atoms with E-state index in [4.69, 9.17) is 9.47 Å². The van der Waals surface area contributed by atoms with Gasteiger partial charge in [-0.1, -0.05) is 12.8 Å². The molecule has 0 spiro atoms. The van der Waals surface area contributed by atoms with Crippen LogP contribution in [0, 0.1) is 5.92 Å². The van der Waals surface area contributed by atoms with Gasteiger partial charge in [0.05, 0.1) is 6.61 Å². The molecule has 0 aliphatic heterocycles. The van der Waals surface area contributed by atoms with Crippen molar-refractivity contribution in [3.63, 3.8) is 0 Å². The summed E-state index contributed by atoms with van der Waals surface area (Å²) in [7, 11) is 0. The predicted octanol–water partition coefficient (Wildman–Crippen LogP) is 2.45. The van der Waals surface area contributed by atoms with Crippen molar-refractivity contribution in [1.29, 1.82) is 0 Å². The standard InChI is InChI=1S/C13H22O4/c1-3-16-13(15)9-8-12(17-10(2)14)11-6-4-5-7-11/h11-12H,3-9H2,1-2H3/t12-/m1/s1. The topological polar surface area (TPSA) is 52.6 Å².